The van der Waals surface area contributed by atoms with Crippen molar-refractivity contribution < 1.29 is 4.79 Å². The van der Waals surface area contributed by atoms with Crippen LogP contribution in [0.5, 0.6) is 0 Å². The van der Waals surface area contributed by atoms with E-state index in [-0.39, 0.29) is 5.91 Å². The normalized spacial score (nSPS) is 13.4. The van der Waals surface area contributed by atoms with Crippen LogP contribution < -0.4 is 10.6 Å². The molecule has 0 spiro atoms. The topological polar surface area (TPSA) is 82.7 Å². The highest BCUT2D eigenvalue weighted by Gasteiger charge is 2.25. The molecule has 0 bridgehead atoms. The number of hydrogen-bond acceptors (Lipinski definition) is 4. The predicted octanol–water partition coefficient (Wildman–Crippen LogP) is 4.13. The van der Waals surface area contributed by atoms with Gasteiger partial charge in [-0.15, -0.1) is 0 Å². The van der Waals surface area contributed by atoms with E-state index in [4.69, 9.17) is 0 Å². The second-order valence-corrected chi connectivity index (χ2v) is 7.30. The van der Waals surface area contributed by atoms with Crippen LogP contribution in [0.25, 0.3) is 22.2 Å². The van der Waals surface area contributed by atoms with Gasteiger partial charge in [0, 0.05) is 42.1 Å². The number of benzene rings is 1. The van der Waals surface area contributed by atoms with Crippen LogP contribution in [0, 0.1) is 0 Å². The van der Waals surface area contributed by atoms with E-state index in [9.17, 15) is 4.79 Å². The minimum Gasteiger partial charge on any atom is -0.366 e. The zero-order valence-electron chi connectivity index (χ0n) is 15.9. The van der Waals surface area contributed by atoms with Crippen LogP contribution >= 0.6 is 0 Å². The Bertz CT molecular complexity index is 1160. The summed E-state index contributed by atoms with van der Waals surface area (Å²) in [6.07, 6.45) is 7.56. The lowest BCUT2D eigenvalue weighted by Crippen LogP contribution is -2.25. The molecule has 3 heterocycles. The minimum atomic E-state index is -0.0186. The smallest absolute Gasteiger partial charge is 0.252 e. The fraction of sp³-hybridized carbons (Fsp3) is 0.174. The Morgan fingerprint density at radius 2 is 1.90 bits per heavy atom. The molecule has 1 amide bonds. The van der Waals surface area contributed by atoms with Gasteiger partial charge in [0.1, 0.15) is 11.5 Å². The van der Waals surface area contributed by atoms with Gasteiger partial charge in [0.15, 0.2) is 0 Å². The van der Waals surface area contributed by atoms with E-state index in [1.807, 2.05) is 54.7 Å². The van der Waals surface area contributed by atoms with Crippen molar-refractivity contribution in [3.8, 4) is 11.1 Å². The number of H-pyrrole nitrogens is 1. The molecule has 29 heavy (non-hydrogen) atoms. The monoisotopic (exact) mass is 383 g/mol. The molecule has 1 aliphatic rings. The number of aromatic nitrogens is 3. The summed E-state index contributed by atoms with van der Waals surface area (Å²) in [6.45, 7) is 0.644. The van der Waals surface area contributed by atoms with Gasteiger partial charge in [-0.2, -0.15) is 0 Å². The molecule has 5 rings (SSSR count). The van der Waals surface area contributed by atoms with Crippen LogP contribution in [0.2, 0.25) is 0 Å². The van der Waals surface area contributed by atoms with Gasteiger partial charge in [0.05, 0.1) is 0 Å². The maximum absolute atomic E-state index is 12.8. The predicted molar refractivity (Wildman–Crippen MR) is 114 cm³/mol. The summed E-state index contributed by atoms with van der Waals surface area (Å²) >= 11 is 0. The first-order valence-electron chi connectivity index (χ1n) is 9.79. The number of nitrogens with zero attached hydrogens (tertiary/aromatic N) is 2. The highest BCUT2D eigenvalue weighted by atomic mass is 16.1. The van der Waals surface area contributed by atoms with Gasteiger partial charge in [-0.3, -0.25) is 9.78 Å². The SMILES string of the molecule is O=C(NC1CC1)c1ccccc1-c1cc(NCc2ccncc2)nc2[nH]ccc12. The first kappa shape index (κ1) is 17.4. The number of aromatic amines is 1. The fourth-order valence-electron chi connectivity index (χ4n) is 3.45. The average molecular weight is 383 g/mol. The zero-order valence-corrected chi connectivity index (χ0v) is 15.9. The van der Waals surface area contributed by atoms with Crippen molar-refractivity contribution in [1.82, 2.24) is 20.3 Å². The summed E-state index contributed by atoms with van der Waals surface area (Å²) in [5.74, 6) is 0.735. The van der Waals surface area contributed by atoms with Crippen LogP contribution in [-0.4, -0.2) is 26.9 Å². The summed E-state index contributed by atoms with van der Waals surface area (Å²) in [4.78, 5) is 24.7. The molecule has 6 nitrogen and oxygen atoms in total. The van der Waals surface area contributed by atoms with Crippen molar-refractivity contribution >= 4 is 22.8 Å². The lowest BCUT2D eigenvalue weighted by Gasteiger charge is -2.13. The standard InChI is InChI=1S/C23H21N5O/c29-23(27-16-5-6-16)19-4-2-1-3-17(19)20-13-21(28-22-18(20)9-12-25-22)26-14-15-7-10-24-11-8-15/h1-4,7-13,16H,5-6,14H2,(H,27,29)(H2,25,26,28). The first-order valence-corrected chi connectivity index (χ1v) is 9.79. The molecule has 144 valence electrons. The molecule has 1 saturated carbocycles. The van der Waals surface area contributed by atoms with Crippen LogP contribution in [0.1, 0.15) is 28.8 Å². The Labute approximate surface area is 168 Å². The fourth-order valence-corrected chi connectivity index (χ4v) is 3.45. The van der Waals surface area contributed by atoms with Gasteiger partial charge in [-0.05, 0) is 59.9 Å². The maximum atomic E-state index is 12.8. The van der Waals surface area contributed by atoms with Gasteiger partial charge < -0.3 is 15.6 Å². The number of hydrogen-bond donors (Lipinski definition) is 3. The molecule has 6 heteroatoms. The van der Waals surface area contributed by atoms with E-state index in [0.29, 0.717) is 18.2 Å². The molecule has 0 unspecified atom stereocenters. The van der Waals surface area contributed by atoms with Crippen molar-refractivity contribution in [1.29, 1.82) is 0 Å². The lowest BCUT2D eigenvalue weighted by molar-refractivity contribution is 0.0951. The number of amides is 1. The summed E-state index contributed by atoms with van der Waals surface area (Å²) in [6, 6.07) is 16.0. The van der Waals surface area contributed by atoms with Gasteiger partial charge in [-0.1, -0.05) is 18.2 Å². The molecule has 0 aliphatic heterocycles. The molecule has 1 aliphatic carbocycles. The third-order valence-electron chi connectivity index (χ3n) is 5.13. The summed E-state index contributed by atoms with van der Waals surface area (Å²) < 4.78 is 0. The molecule has 1 fully saturated rings. The number of pyridine rings is 2. The van der Waals surface area contributed by atoms with Crippen molar-refractivity contribution in [2.24, 2.45) is 0 Å². The second-order valence-electron chi connectivity index (χ2n) is 7.30. The maximum Gasteiger partial charge on any atom is 0.252 e. The Morgan fingerprint density at radius 1 is 1.07 bits per heavy atom. The zero-order chi connectivity index (χ0) is 19.6. The Balaban J connectivity index is 1.53. The van der Waals surface area contributed by atoms with Crippen molar-refractivity contribution in [3.63, 3.8) is 0 Å². The second kappa shape index (κ2) is 7.39. The first-order chi connectivity index (χ1) is 14.3. The molecule has 0 saturated heterocycles. The Hall–Kier alpha value is -3.67. The van der Waals surface area contributed by atoms with E-state index in [0.717, 1.165) is 46.4 Å². The van der Waals surface area contributed by atoms with E-state index in [1.165, 1.54) is 0 Å². The van der Waals surface area contributed by atoms with E-state index >= 15 is 0 Å². The quantitative estimate of drug-likeness (QED) is 0.468. The number of anilines is 1. The van der Waals surface area contributed by atoms with Crippen molar-refractivity contribution in [2.45, 2.75) is 25.4 Å². The molecule has 1 aromatic carbocycles. The molecule has 4 aromatic rings. The summed E-state index contributed by atoms with van der Waals surface area (Å²) in [7, 11) is 0. The Kier molecular flexibility index (Phi) is 4.44. The van der Waals surface area contributed by atoms with Crippen molar-refractivity contribution in [3.05, 3.63) is 78.2 Å². The van der Waals surface area contributed by atoms with Crippen molar-refractivity contribution in [2.75, 3.05) is 5.32 Å². The number of fused-ring (bicyclic) bond motifs is 1. The molecular weight excluding hydrogens is 362 g/mol. The molecule has 3 N–H and O–H groups in total. The van der Waals surface area contributed by atoms with Crippen LogP contribution in [-0.2, 0) is 6.54 Å². The number of nitrogens with one attached hydrogen (secondary N) is 3. The van der Waals surface area contributed by atoms with E-state index < -0.39 is 0 Å². The summed E-state index contributed by atoms with van der Waals surface area (Å²) in [5, 5.41) is 7.48. The van der Waals surface area contributed by atoms with Gasteiger partial charge >= 0.3 is 0 Å². The number of carbonyl (C=O) groups excluding carboxylic acids is 1. The number of carbonyl (C=O) groups is 1. The van der Waals surface area contributed by atoms with Gasteiger partial charge in [0.2, 0.25) is 0 Å². The highest BCUT2D eigenvalue weighted by molar-refractivity contribution is 6.05. The molecule has 0 atom stereocenters. The molecule has 0 radical (unpaired) electrons. The average Bonchev–Trinajstić information content (AvgIpc) is 3.45. The van der Waals surface area contributed by atoms with E-state index in [2.05, 4.69) is 25.6 Å². The van der Waals surface area contributed by atoms with Crippen LogP contribution in [0.3, 0.4) is 0 Å². The third-order valence-corrected chi connectivity index (χ3v) is 5.13. The number of rotatable bonds is 6. The lowest BCUT2D eigenvalue weighted by atomic mass is 9.97. The van der Waals surface area contributed by atoms with Crippen LogP contribution in [0.4, 0.5) is 5.82 Å². The molecule has 3 aromatic heterocycles. The van der Waals surface area contributed by atoms with E-state index in [1.54, 1.807) is 12.4 Å². The highest BCUT2D eigenvalue weighted by Crippen LogP contribution is 2.33. The summed E-state index contributed by atoms with van der Waals surface area (Å²) in [5.41, 5.74) is 4.49. The minimum absolute atomic E-state index is 0.0186. The van der Waals surface area contributed by atoms with Crippen LogP contribution in [0.15, 0.2) is 67.1 Å². The third kappa shape index (κ3) is 3.69. The Morgan fingerprint density at radius 3 is 2.72 bits per heavy atom. The largest absolute Gasteiger partial charge is 0.366 e. The van der Waals surface area contributed by atoms with Gasteiger partial charge in [0.25, 0.3) is 5.91 Å². The molecular formula is C23H21N5O. The van der Waals surface area contributed by atoms with Gasteiger partial charge in [-0.25, -0.2) is 4.98 Å².